The molecule has 1 aliphatic carbocycles. The first-order valence-corrected chi connectivity index (χ1v) is 7.04. The molecule has 1 aliphatic rings. The Bertz CT molecular complexity index is 385. The van der Waals surface area contributed by atoms with Crippen LogP contribution in [0.3, 0.4) is 0 Å². The van der Waals surface area contributed by atoms with E-state index in [1.807, 2.05) is 19.9 Å². The molecule has 0 saturated heterocycles. The Labute approximate surface area is 110 Å². The summed E-state index contributed by atoms with van der Waals surface area (Å²) in [6, 6.07) is 10.9. The van der Waals surface area contributed by atoms with Gasteiger partial charge >= 0.3 is 0 Å². The summed E-state index contributed by atoms with van der Waals surface area (Å²) in [5.74, 6) is 0.744. The van der Waals surface area contributed by atoms with Gasteiger partial charge in [0.1, 0.15) is 0 Å². The number of carbonyl (C=O) groups excluding carboxylic acids is 1. The molecular weight excluding hydrogens is 222 g/mol. The Kier molecular flexibility index (Phi) is 4.40. The molecule has 1 aromatic carbocycles. The molecule has 1 saturated carbocycles. The van der Waals surface area contributed by atoms with Crippen molar-refractivity contribution in [1.82, 2.24) is 5.32 Å². The summed E-state index contributed by atoms with van der Waals surface area (Å²) in [4.78, 5) is 11.9. The van der Waals surface area contributed by atoms with Crippen LogP contribution in [0, 0.1) is 5.92 Å². The van der Waals surface area contributed by atoms with E-state index in [0.717, 1.165) is 6.42 Å². The van der Waals surface area contributed by atoms with Gasteiger partial charge in [0.25, 0.3) is 0 Å². The van der Waals surface area contributed by atoms with Crippen molar-refractivity contribution in [2.75, 3.05) is 0 Å². The molecule has 0 radical (unpaired) electrons. The maximum Gasteiger partial charge on any atom is 0.222 e. The fourth-order valence-electron chi connectivity index (χ4n) is 2.75. The minimum atomic E-state index is 0.0725. The van der Waals surface area contributed by atoms with Crippen molar-refractivity contribution < 1.29 is 4.79 Å². The molecule has 0 spiro atoms. The predicted molar refractivity (Wildman–Crippen MR) is 74.4 cm³/mol. The van der Waals surface area contributed by atoms with Gasteiger partial charge in [-0.1, -0.05) is 57.0 Å². The van der Waals surface area contributed by atoms with Crippen LogP contribution in [0.15, 0.2) is 30.3 Å². The van der Waals surface area contributed by atoms with Crippen LogP contribution in [0.4, 0.5) is 0 Å². The molecule has 2 heteroatoms. The second kappa shape index (κ2) is 6.03. The van der Waals surface area contributed by atoms with Gasteiger partial charge in [-0.2, -0.15) is 0 Å². The summed E-state index contributed by atoms with van der Waals surface area (Å²) in [7, 11) is 0. The Morgan fingerprint density at radius 2 is 1.83 bits per heavy atom. The smallest absolute Gasteiger partial charge is 0.222 e. The zero-order chi connectivity index (χ0) is 13.0. The molecule has 2 nitrogen and oxygen atoms in total. The minimum Gasteiger partial charge on any atom is -0.353 e. The molecule has 0 heterocycles. The van der Waals surface area contributed by atoms with E-state index in [1.54, 1.807) is 0 Å². The lowest BCUT2D eigenvalue weighted by Crippen LogP contribution is -2.42. The molecule has 2 unspecified atom stereocenters. The maximum absolute atomic E-state index is 11.9. The van der Waals surface area contributed by atoms with E-state index in [4.69, 9.17) is 0 Å². The van der Waals surface area contributed by atoms with Crippen LogP contribution in [0.2, 0.25) is 0 Å². The van der Waals surface area contributed by atoms with E-state index >= 15 is 0 Å². The van der Waals surface area contributed by atoms with Crippen LogP contribution >= 0.6 is 0 Å². The van der Waals surface area contributed by atoms with Crippen molar-refractivity contribution in [2.45, 2.75) is 51.5 Å². The fourth-order valence-corrected chi connectivity index (χ4v) is 2.75. The van der Waals surface area contributed by atoms with E-state index in [2.05, 4.69) is 29.6 Å². The first kappa shape index (κ1) is 13.1. The molecule has 1 fully saturated rings. The van der Waals surface area contributed by atoms with Crippen LogP contribution in [-0.2, 0) is 4.79 Å². The molecule has 2 rings (SSSR count). The van der Waals surface area contributed by atoms with Gasteiger partial charge in [0.2, 0.25) is 5.91 Å². The highest BCUT2D eigenvalue weighted by Gasteiger charge is 2.27. The molecule has 2 atom stereocenters. The van der Waals surface area contributed by atoms with Crippen LogP contribution in [-0.4, -0.2) is 11.9 Å². The number of carbonyl (C=O) groups is 1. The van der Waals surface area contributed by atoms with E-state index < -0.39 is 0 Å². The standard InChI is InChI=1S/C16H23NO/c1-12(2)16(18)17-15-11-7-6-10-14(15)13-8-4-3-5-9-13/h3-5,8-9,12,14-15H,6-7,10-11H2,1-2H3,(H,17,18). The average molecular weight is 245 g/mol. The lowest BCUT2D eigenvalue weighted by atomic mass is 9.80. The Balaban J connectivity index is 2.09. The molecule has 1 amide bonds. The Hall–Kier alpha value is -1.31. The third-order valence-corrected chi connectivity index (χ3v) is 3.85. The first-order chi connectivity index (χ1) is 8.68. The van der Waals surface area contributed by atoms with E-state index in [0.29, 0.717) is 12.0 Å². The third kappa shape index (κ3) is 3.12. The monoisotopic (exact) mass is 245 g/mol. The SMILES string of the molecule is CC(C)C(=O)NC1CCCCC1c1ccccc1. The topological polar surface area (TPSA) is 29.1 Å². The van der Waals surface area contributed by atoms with Crippen molar-refractivity contribution in [3.05, 3.63) is 35.9 Å². The summed E-state index contributed by atoms with van der Waals surface area (Å²) in [5, 5.41) is 3.23. The van der Waals surface area contributed by atoms with E-state index in [9.17, 15) is 4.79 Å². The lowest BCUT2D eigenvalue weighted by molar-refractivity contribution is -0.125. The molecule has 1 aromatic rings. The van der Waals surface area contributed by atoms with Gasteiger partial charge in [-0.05, 0) is 18.4 Å². The second-order valence-corrected chi connectivity index (χ2v) is 5.57. The predicted octanol–water partition coefficient (Wildman–Crippen LogP) is 3.49. The second-order valence-electron chi connectivity index (χ2n) is 5.57. The normalized spacial score (nSPS) is 23.9. The zero-order valence-electron chi connectivity index (χ0n) is 11.4. The minimum absolute atomic E-state index is 0.0725. The van der Waals surface area contributed by atoms with Crippen molar-refractivity contribution in [3.63, 3.8) is 0 Å². The summed E-state index contributed by atoms with van der Waals surface area (Å²) in [6.45, 7) is 3.91. The highest BCUT2D eigenvalue weighted by Crippen LogP contribution is 2.33. The molecule has 98 valence electrons. The van der Waals surface area contributed by atoms with Gasteiger partial charge in [-0.3, -0.25) is 4.79 Å². The number of nitrogens with one attached hydrogen (secondary N) is 1. The summed E-state index contributed by atoms with van der Waals surface area (Å²) < 4.78 is 0. The van der Waals surface area contributed by atoms with Crippen LogP contribution in [0.25, 0.3) is 0 Å². The quantitative estimate of drug-likeness (QED) is 0.867. The van der Waals surface area contributed by atoms with Crippen molar-refractivity contribution in [2.24, 2.45) is 5.92 Å². The molecule has 0 aliphatic heterocycles. The Morgan fingerprint density at radius 3 is 2.50 bits per heavy atom. The summed E-state index contributed by atoms with van der Waals surface area (Å²) in [5.41, 5.74) is 1.37. The van der Waals surface area contributed by atoms with Gasteiger partial charge in [0, 0.05) is 17.9 Å². The van der Waals surface area contributed by atoms with Crippen molar-refractivity contribution >= 4 is 5.91 Å². The molecule has 0 aromatic heterocycles. The molecule has 1 N–H and O–H groups in total. The number of rotatable bonds is 3. The molecule has 18 heavy (non-hydrogen) atoms. The van der Waals surface area contributed by atoms with Gasteiger partial charge < -0.3 is 5.32 Å². The average Bonchev–Trinajstić information content (AvgIpc) is 2.40. The van der Waals surface area contributed by atoms with Crippen LogP contribution < -0.4 is 5.32 Å². The van der Waals surface area contributed by atoms with Crippen LogP contribution in [0.1, 0.15) is 51.0 Å². The zero-order valence-corrected chi connectivity index (χ0v) is 11.4. The molecule has 0 bridgehead atoms. The number of amides is 1. The third-order valence-electron chi connectivity index (χ3n) is 3.85. The van der Waals surface area contributed by atoms with Crippen molar-refractivity contribution in [1.29, 1.82) is 0 Å². The summed E-state index contributed by atoms with van der Waals surface area (Å²) in [6.07, 6.45) is 4.80. The van der Waals surface area contributed by atoms with Crippen molar-refractivity contribution in [3.8, 4) is 0 Å². The van der Waals surface area contributed by atoms with Gasteiger partial charge in [0.15, 0.2) is 0 Å². The lowest BCUT2D eigenvalue weighted by Gasteiger charge is -2.33. The largest absolute Gasteiger partial charge is 0.353 e. The van der Waals surface area contributed by atoms with E-state index in [-0.39, 0.29) is 11.8 Å². The van der Waals surface area contributed by atoms with Gasteiger partial charge in [0.05, 0.1) is 0 Å². The first-order valence-electron chi connectivity index (χ1n) is 7.04. The highest BCUT2D eigenvalue weighted by atomic mass is 16.1. The molecular formula is C16H23NO. The number of hydrogen-bond donors (Lipinski definition) is 1. The maximum atomic E-state index is 11.9. The van der Waals surface area contributed by atoms with E-state index in [1.165, 1.54) is 24.8 Å². The highest BCUT2D eigenvalue weighted by molar-refractivity contribution is 5.78. The number of benzene rings is 1. The van der Waals surface area contributed by atoms with Gasteiger partial charge in [-0.15, -0.1) is 0 Å². The van der Waals surface area contributed by atoms with Crippen LogP contribution in [0.5, 0.6) is 0 Å². The fraction of sp³-hybridized carbons (Fsp3) is 0.562. The van der Waals surface area contributed by atoms with Gasteiger partial charge in [-0.25, -0.2) is 0 Å². The Morgan fingerprint density at radius 1 is 1.17 bits per heavy atom. The number of hydrogen-bond acceptors (Lipinski definition) is 1. The summed E-state index contributed by atoms with van der Waals surface area (Å²) >= 11 is 0.